The fourth-order valence-corrected chi connectivity index (χ4v) is 3.45. The molecule has 0 amide bonds. The van der Waals surface area contributed by atoms with E-state index >= 15 is 0 Å². The van der Waals surface area contributed by atoms with Gasteiger partial charge >= 0.3 is 11.9 Å². The van der Waals surface area contributed by atoms with Crippen LogP contribution < -0.4 is 5.56 Å². The molecule has 2 heterocycles. The molecule has 0 aliphatic heterocycles. The lowest BCUT2D eigenvalue weighted by Gasteiger charge is -2.10. The molecule has 0 unspecified atom stereocenters. The van der Waals surface area contributed by atoms with Gasteiger partial charge in [0.15, 0.2) is 5.69 Å². The van der Waals surface area contributed by atoms with Gasteiger partial charge in [-0.05, 0) is 19.9 Å². The standard InChI is InChI=1S/C19H19N3O5S/c1-3-26-17(23)9-14-12-7-5-6-8-13(12)18(24)22(21-14)10-16-20-15(11-28-16)19(25)27-4-2/h5-8,11H,3-4,9-10H2,1-2H3. The lowest BCUT2D eigenvalue weighted by molar-refractivity contribution is -0.142. The molecular weight excluding hydrogens is 382 g/mol. The number of carbonyl (C=O) groups excluding carboxylic acids is 2. The Bertz CT molecular complexity index is 1070. The first-order valence-electron chi connectivity index (χ1n) is 8.79. The Morgan fingerprint density at radius 3 is 2.54 bits per heavy atom. The van der Waals surface area contributed by atoms with Gasteiger partial charge in [0.25, 0.3) is 5.56 Å². The van der Waals surface area contributed by atoms with Gasteiger partial charge in [-0.2, -0.15) is 5.10 Å². The third-order valence-corrected chi connectivity index (χ3v) is 4.72. The summed E-state index contributed by atoms with van der Waals surface area (Å²) in [6, 6.07) is 6.99. The second kappa shape index (κ2) is 8.75. The zero-order valence-corrected chi connectivity index (χ0v) is 16.3. The summed E-state index contributed by atoms with van der Waals surface area (Å²) in [4.78, 5) is 40.7. The van der Waals surface area contributed by atoms with Crippen LogP contribution in [-0.4, -0.2) is 39.9 Å². The van der Waals surface area contributed by atoms with Gasteiger partial charge in [-0.15, -0.1) is 11.3 Å². The van der Waals surface area contributed by atoms with E-state index in [0.29, 0.717) is 21.5 Å². The molecule has 0 radical (unpaired) electrons. The number of fused-ring (bicyclic) bond motifs is 1. The number of thiazole rings is 1. The van der Waals surface area contributed by atoms with Crippen LogP contribution in [0.2, 0.25) is 0 Å². The molecule has 0 bridgehead atoms. The summed E-state index contributed by atoms with van der Waals surface area (Å²) >= 11 is 1.24. The summed E-state index contributed by atoms with van der Waals surface area (Å²) in [5.41, 5.74) is 0.356. The lowest BCUT2D eigenvalue weighted by atomic mass is 10.1. The van der Waals surface area contributed by atoms with Crippen LogP contribution in [0.25, 0.3) is 10.8 Å². The minimum Gasteiger partial charge on any atom is -0.466 e. The van der Waals surface area contributed by atoms with Crippen LogP contribution in [0.15, 0.2) is 34.4 Å². The van der Waals surface area contributed by atoms with Crippen LogP contribution in [-0.2, 0) is 27.2 Å². The smallest absolute Gasteiger partial charge is 0.357 e. The summed E-state index contributed by atoms with van der Waals surface area (Å²) in [6.07, 6.45) is -0.0411. The maximum Gasteiger partial charge on any atom is 0.357 e. The van der Waals surface area contributed by atoms with Crippen molar-refractivity contribution in [3.8, 4) is 0 Å². The van der Waals surface area contributed by atoms with Crippen LogP contribution in [0.1, 0.15) is 35.0 Å². The van der Waals surface area contributed by atoms with Crippen LogP contribution in [0, 0.1) is 0 Å². The molecule has 3 rings (SSSR count). The van der Waals surface area contributed by atoms with E-state index in [1.807, 2.05) is 0 Å². The number of hydrogen-bond acceptors (Lipinski definition) is 8. The number of hydrogen-bond donors (Lipinski definition) is 0. The summed E-state index contributed by atoms with van der Waals surface area (Å²) in [7, 11) is 0. The molecule has 3 aromatic rings. The maximum atomic E-state index is 12.8. The molecule has 28 heavy (non-hydrogen) atoms. The monoisotopic (exact) mass is 401 g/mol. The molecule has 146 valence electrons. The van der Waals surface area contributed by atoms with Gasteiger partial charge in [-0.1, -0.05) is 18.2 Å². The van der Waals surface area contributed by atoms with Crippen molar-refractivity contribution in [1.29, 1.82) is 0 Å². The van der Waals surface area contributed by atoms with Crippen molar-refractivity contribution in [2.75, 3.05) is 13.2 Å². The number of benzene rings is 1. The summed E-state index contributed by atoms with van der Waals surface area (Å²) in [5, 5.41) is 7.55. The molecule has 0 spiro atoms. The number of ether oxygens (including phenoxy) is 2. The number of aromatic nitrogens is 3. The van der Waals surface area contributed by atoms with Gasteiger partial charge in [0, 0.05) is 10.8 Å². The van der Waals surface area contributed by atoms with Gasteiger partial charge in [-0.3, -0.25) is 9.59 Å². The summed E-state index contributed by atoms with van der Waals surface area (Å²) in [5.74, 6) is -0.920. The minimum atomic E-state index is -0.508. The largest absolute Gasteiger partial charge is 0.466 e. The zero-order chi connectivity index (χ0) is 20.1. The van der Waals surface area contributed by atoms with Crippen molar-refractivity contribution in [3.05, 3.63) is 56.4 Å². The van der Waals surface area contributed by atoms with Crippen LogP contribution >= 0.6 is 11.3 Å². The number of esters is 2. The summed E-state index contributed by atoms with van der Waals surface area (Å²) < 4.78 is 11.2. The molecule has 8 nitrogen and oxygen atoms in total. The Kier molecular flexibility index (Phi) is 6.15. The topological polar surface area (TPSA) is 100 Å². The molecule has 0 N–H and O–H groups in total. The van der Waals surface area contributed by atoms with Crippen LogP contribution in [0.4, 0.5) is 0 Å². The minimum absolute atomic E-state index is 0.0411. The predicted molar refractivity (Wildman–Crippen MR) is 104 cm³/mol. The Balaban J connectivity index is 1.97. The van der Waals surface area contributed by atoms with Crippen LogP contribution in [0.5, 0.6) is 0 Å². The Morgan fingerprint density at radius 2 is 1.82 bits per heavy atom. The van der Waals surface area contributed by atoms with E-state index < -0.39 is 11.9 Å². The first kappa shape index (κ1) is 19.7. The highest BCUT2D eigenvalue weighted by atomic mass is 32.1. The SMILES string of the molecule is CCOC(=O)Cc1nn(Cc2nc(C(=O)OCC)cs2)c(=O)c2ccccc12. The average molecular weight is 401 g/mol. The number of carbonyl (C=O) groups is 2. The van der Waals surface area contributed by atoms with E-state index in [-0.39, 0.29) is 37.4 Å². The first-order chi connectivity index (χ1) is 13.5. The van der Waals surface area contributed by atoms with E-state index in [1.54, 1.807) is 43.5 Å². The molecule has 0 aliphatic rings. The Labute approximate surface area is 164 Å². The third-order valence-electron chi connectivity index (χ3n) is 3.88. The molecule has 2 aromatic heterocycles. The number of nitrogens with zero attached hydrogens (tertiary/aromatic N) is 3. The average Bonchev–Trinajstić information content (AvgIpc) is 3.15. The molecule has 0 fully saturated rings. The molecular formula is C19H19N3O5S. The van der Waals surface area contributed by atoms with Crippen molar-refractivity contribution < 1.29 is 19.1 Å². The predicted octanol–water partition coefficient (Wildman–Crippen LogP) is 2.18. The van der Waals surface area contributed by atoms with Gasteiger partial charge in [0.1, 0.15) is 5.01 Å². The number of rotatable bonds is 7. The van der Waals surface area contributed by atoms with E-state index in [2.05, 4.69) is 10.1 Å². The van der Waals surface area contributed by atoms with Crippen molar-refractivity contribution in [3.63, 3.8) is 0 Å². The first-order valence-corrected chi connectivity index (χ1v) is 9.67. The Morgan fingerprint density at radius 1 is 1.11 bits per heavy atom. The highest BCUT2D eigenvalue weighted by Crippen LogP contribution is 2.16. The maximum absolute atomic E-state index is 12.8. The van der Waals surface area contributed by atoms with Crippen molar-refractivity contribution >= 4 is 34.0 Å². The van der Waals surface area contributed by atoms with Gasteiger partial charge < -0.3 is 9.47 Å². The van der Waals surface area contributed by atoms with Crippen LogP contribution in [0.3, 0.4) is 0 Å². The van der Waals surface area contributed by atoms with Gasteiger partial charge in [0.05, 0.1) is 37.3 Å². The van der Waals surface area contributed by atoms with E-state index in [1.165, 1.54) is 16.0 Å². The van der Waals surface area contributed by atoms with E-state index in [9.17, 15) is 14.4 Å². The van der Waals surface area contributed by atoms with Gasteiger partial charge in [-0.25, -0.2) is 14.5 Å². The van der Waals surface area contributed by atoms with Crippen molar-refractivity contribution in [2.24, 2.45) is 0 Å². The Hall–Kier alpha value is -3.07. The fourth-order valence-electron chi connectivity index (χ4n) is 2.70. The molecule has 0 saturated heterocycles. The highest BCUT2D eigenvalue weighted by Gasteiger charge is 2.16. The van der Waals surface area contributed by atoms with Gasteiger partial charge in [0.2, 0.25) is 0 Å². The lowest BCUT2D eigenvalue weighted by Crippen LogP contribution is -2.26. The quantitative estimate of drug-likeness (QED) is 0.559. The van der Waals surface area contributed by atoms with Crippen molar-refractivity contribution in [2.45, 2.75) is 26.8 Å². The van der Waals surface area contributed by atoms with E-state index in [4.69, 9.17) is 9.47 Å². The second-order valence-electron chi connectivity index (χ2n) is 5.78. The van der Waals surface area contributed by atoms with E-state index in [0.717, 1.165) is 0 Å². The molecule has 0 saturated carbocycles. The summed E-state index contributed by atoms with van der Waals surface area (Å²) in [6.45, 7) is 4.06. The molecule has 0 atom stereocenters. The molecule has 9 heteroatoms. The normalized spacial score (nSPS) is 10.8. The fraction of sp³-hybridized carbons (Fsp3) is 0.316. The van der Waals surface area contributed by atoms with Crippen molar-refractivity contribution in [1.82, 2.24) is 14.8 Å². The highest BCUT2D eigenvalue weighted by molar-refractivity contribution is 7.09. The zero-order valence-electron chi connectivity index (χ0n) is 15.5. The molecule has 0 aliphatic carbocycles. The second-order valence-corrected chi connectivity index (χ2v) is 6.73. The third kappa shape index (κ3) is 4.25. The molecule has 1 aromatic carbocycles.